The number of hydrogen-bond acceptors (Lipinski definition) is 7. The molecule has 10 nitrogen and oxygen atoms in total. The summed E-state index contributed by atoms with van der Waals surface area (Å²) in [5, 5.41) is 16.1. The van der Waals surface area contributed by atoms with E-state index in [0.717, 1.165) is 18.2 Å². The van der Waals surface area contributed by atoms with Crippen LogP contribution < -0.4 is 20.3 Å². The molecular weight excluding hydrogens is 478 g/mol. The highest BCUT2D eigenvalue weighted by molar-refractivity contribution is 5.93. The third kappa shape index (κ3) is 7.27. The Morgan fingerprint density at radius 1 is 1.09 bits per heavy atom. The van der Waals surface area contributed by atoms with Gasteiger partial charge in [-0.25, -0.2) is 4.39 Å². The Labute approximate surface area is 196 Å². The molecule has 0 aromatic heterocycles. The lowest BCUT2D eigenvalue weighted by Crippen LogP contribution is -2.49. The SMILES string of the molecule is CC(=O)Nc1cc(N2CCN(CC(=O)Nc3ccc(OC(F)(F)F)cc3)CC2)c(F)cc1[N+](=O)[O-]. The molecule has 1 saturated heterocycles. The third-order valence-corrected chi connectivity index (χ3v) is 5.02. The Morgan fingerprint density at radius 3 is 2.26 bits per heavy atom. The minimum absolute atomic E-state index is 0.00543. The van der Waals surface area contributed by atoms with Crippen molar-refractivity contribution in [1.29, 1.82) is 0 Å². The molecule has 0 atom stereocenters. The van der Waals surface area contributed by atoms with Gasteiger partial charge in [-0.2, -0.15) is 0 Å². The van der Waals surface area contributed by atoms with Gasteiger partial charge in [0.25, 0.3) is 5.69 Å². The van der Waals surface area contributed by atoms with Gasteiger partial charge in [0.1, 0.15) is 11.4 Å². The first kappa shape index (κ1) is 25.7. The Kier molecular flexibility index (Phi) is 7.74. The van der Waals surface area contributed by atoms with E-state index in [2.05, 4.69) is 15.4 Å². The van der Waals surface area contributed by atoms with Crippen LogP contribution in [0.15, 0.2) is 36.4 Å². The van der Waals surface area contributed by atoms with Crippen LogP contribution >= 0.6 is 0 Å². The Morgan fingerprint density at radius 2 is 1.71 bits per heavy atom. The second-order valence-corrected chi connectivity index (χ2v) is 7.64. The monoisotopic (exact) mass is 499 g/mol. The molecule has 0 bridgehead atoms. The summed E-state index contributed by atoms with van der Waals surface area (Å²) in [5.41, 5.74) is -0.298. The number of halogens is 4. The van der Waals surface area contributed by atoms with Gasteiger partial charge in [-0.05, 0) is 30.3 Å². The van der Waals surface area contributed by atoms with Crippen molar-refractivity contribution in [1.82, 2.24) is 4.90 Å². The summed E-state index contributed by atoms with van der Waals surface area (Å²) in [7, 11) is 0. The Bertz CT molecular complexity index is 1100. The average molecular weight is 499 g/mol. The lowest BCUT2D eigenvalue weighted by Gasteiger charge is -2.36. The van der Waals surface area contributed by atoms with Crippen LogP contribution in [0.3, 0.4) is 0 Å². The lowest BCUT2D eigenvalue weighted by atomic mass is 10.2. The van der Waals surface area contributed by atoms with E-state index in [1.54, 1.807) is 9.80 Å². The van der Waals surface area contributed by atoms with Gasteiger partial charge in [-0.3, -0.25) is 24.6 Å². The summed E-state index contributed by atoms with van der Waals surface area (Å²) >= 11 is 0. The topological polar surface area (TPSA) is 117 Å². The maximum Gasteiger partial charge on any atom is 0.573 e. The Hall–Kier alpha value is -3.94. The molecule has 3 rings (SSSR count). The number of anilines is 3. The van der Waals surface area contributed by atoms with Crippen LogP contribution in [-0.2, 0) is 9.59 Å². The number of piperazine rings is 1. The van der Waals surface area contributed by atoms with Crippen molar-refractivity contribution in [2.75, 3.05) is 48.3 Å². The van der Waals surface area contributed by atoms with Crippen LogP contribution in [0.5, 0.6) is 5.75 Å². The summed E-state index contributed by atoms with van der Waals surface area (Å²) in [4.78, 5) is 37.5. The van der Waals surface area contributed by atoms with Crippen LogP contribution in [0, 0.1) is 15.9 Å². The van der Waals surface area contributed by atoms with E-state index >= 15 is 0 Å². The molecule has 2 N–H and O–H groups in total. The smallest absolute Gasteiger partial charge is 0.406 e. The van der Waals surface area contributed by atoms with Crippen molar-refractivity contribution in [3.05, 3.63) is 52.3 Å². The minimum atomic E-state index is -4.81. The van der Waals surface area contributed by atoms with Crippen molar-refractivity contribution in [2.24, 2.45) is 0 Å². The standard InChI is InChI=1S/C21H21F4N5O5/c1-13(31)26-17-11-18(16(22)10-19(17)30(33)34)29-8-6-28(7-9-29)12-20(32)27-14-2-4-15(5-3-14)35-21(23,24)25/h2-5,10-11H,6-9,12H2,1H3,(H,26,31)(H,27,32). The first-order chi connectivity index (χ1) is 16.4. The molecule has 0 saturated carbocycles. The van der Waals surface area contributed by atoms with Gasteiger partial charge in [-0.1, -0.05) is 0 Å². The first-order valence-electron chi connectivity index (χ1n) is 10.3. The fourth-order valence-electron chi connectivity index (χ4n) is 3.52. The highest BCUT2D eigenvalue weighted by atomic mass is 19.4. The van der Waals surface area contributed by atoms with Gasteiger partial charge in [-0.15, -0.1) is 13.2 Å². The number of rotatable bonds is 7. The van der Waals surface area contributed by atoms with Crippen molar-refractivity contribution in [3.63, 3.8) is 0 Å². The molecule has 14 heteroatoms. The number of benzene rings is 2. The molecule has 0 aliphatic carbocycles. The number of alkyl halides is 3. The second kappa shape index (κ2) is 10.5. The zero-order valence-electron chi connectivity index (χ0n) is 18.4. The maximum absolute atomic E-state index is 14.6. The minimum Gasteiger partial charge on any atom is -0.406 e. The van der Waals surface area contributed by atoms with Crippen LogP contribution in [0.25, 0.3) is 0 Å². The summed E-state index contributed by atoms with van der Waals surface area (Å²) in [6.07, 6.45) is -4.81. The number of ether oxygens (including phenoxy) is 1. The number of carbonyl (C=O) groups excluding carboxylic acids is 2. The number of carbonyl (C=O) groups is 2. The molecule has 2 aromatic rings. The molecular formula is C21H21F4N5O5. The van der Waals surface area contributed by atoms with Crippen LogP contribution in [0.2, 0.25) is 0 Å². The summed E-state index contributed by atoms with van der Waals surface area (Å²) < 4.78 is 55.0. The maximum atomic E-state index is 14.6. The molecule has 188 valence electrons. The number of nitrogens with one attached hydrogen (secondary N) is 2. The van der Waals surface area contributed by atoms with Crippen molar-refractivity contribution < 1.29 is 36.8 Å². The van der Waals surface area contributed by atoms with Crippen molar-refractivity contribution in [3.8, 4) is 5.75 Å². The van der Waals surface area contributed by atoms with Gasteiger partial charge in [0.05, 0.1) is 23.2 Å². The lowest BCUT2D eigenvalue weighted by molar-refractivity contribution is -0.384. The number of nitro benzene ring substituents is 1. The van der Waals surface area contributed by atoms with E-state index in [-0.39, 0.29) is 17.9 Å². The van der Waals surface area contributed by atoms with Crippen molar-refractivity contribution >= 4 is 34.6 Å². The summed E-state index contributed by atoms with van der Waals surface area (Å²) in [5.74, 6) is -2.15. The molecule has 0 radical (unpaired) electrons. The van der Waals surface area contributed by atoms with E-state index in [1.807, 2.05) is 0 Å². The number of hydrogen-bond donors (Lipinski definition) is 2. The molecule has 1 fully saturated rings. The fraction of sp³-hybridized carbons (Fsp3) is 0.333. The van der Waals surface area contributed by atoms with Gasteiger partial charge in [0, 0.05) is 38.8 Å². The molecule has 0 spiro atoms. The molecule has 2 aromatic carbocycles. The van der Waals surface area contributed by atoms with Crippen molar-refractivity contribution in [2.45, 2.75) is 13.3 Å². The highest BCUT2D eigenvalue weighted by Gasteiger charge is 2.31. The molecule has 1 aliphatic heterocycles. The molecule has 1 heterocycles. The van der Waals surface area contributed by atoms with Gasteiger partial charge < -0.3 is 20.3 Å². The first-order valence-corrected chi connectivity index (χ1v) is 10.3. The van der Waals surface area contributed by atoms with E-state index < -0.39 is 40.4 Å². The normalized spacial score (nSPS) is 14.4. The molecule has 35 heavy (non-hydrogen) atoms. The average Bonchev–Trinajstić information content (AvgIpc) is 2.75. The van der Waals surface area contributed by atoms with Gasteiger partial charge in [0.2, 0.25) is 11.8 Å². The van der Waals surface area contributed by atoms with Crippen LogP contribution in [-0.4, -0.2) is 60.7 Å². The Balaban J connectivity index is 1.56. The van der Waals surface area contributed by atoms with Gasteiger partial charge in [0.15, 0.2) is 5.82 Å². The summed E-state index contributed by atoms with van der Waals surface area (Å²) in [6.45, 7) is 2.54. The van der Waals surface area contributed by atoms with E-state index in [4.69, 9.17) is 0 Å². The van der Waals surface area contributed by atoms with E-state index in [1.165, 1.54) is 25.1 Å². The quantitative estimate of drug-likeness (QED) is 0.341. The molecule has 0 unspecified atom stereocenters. The predicted molar refractivity (Wildman–Crippen MR) is 118 cm³/mol. The van der Waals surface area contributed by atoms with E-state index in [0.29, 0.717) is 31.9 Å². The molecule has 1 aliphatic rings. The zero-order chi connectivity index (χ0) is 25.8. The largest absolute Gasteiger partial charge is 0.573 e. The fourth-order valence-corrected chi connectivity index (χ4v) is 3.52. The van der Waals surface area contributed by atoms with Crippen LogP contribution in [0.1, 0.15) is 6.92 Å². The molecule has 2 amide bonds. The number of amides is 2. The second-order valence-electron chi connectivity index (χ2n) is 7.64. The van der Waals surface area contributed by atoms with E-state index in [9.17, 15) is 37.3 Å². The zero-order valence-corrected chi connectivity index (χ0v) is 18.4. The number of nitrogens with zero attached hydrogens (tertiary/aromatic N) is 3. The van der Waals surface area contributed by atoms with Gasteiger partial charge >= 0.3 is 6.36 Å². The summed E-state index contributed by atoms with van der Waals surface area (Å²) in [6, 6.07) is 6.68. The highest BCUT2D eigenvalue weighted by Crippen LogP contribution is 2.33. The number of nitro groups is 1. The third-order valence-electron chi connectivity index (χ3n) is 5.02. The van der Waals surface area contributed by atoms with Crippen LogP contribution in [0.4, 0.5) is 40.3 Å². The predicted octanol–water partition coefficient (Wildman–Crippen LogP) is 3.35.